The second-order valence-electron chi connectivity index (χ2n) is 6.85. The molecule has 0 aliphatic heterocycles. The van der Waals surface area contributed by atoms with Crippen LogP contribution in [0.5, 0.6) is 5.75 Å². The van der Waals surface area contributed by atoms with Crippen molar-refractivity contribution < 1.29 is 9.13 Å². The summed E-state index contributed by atoms with van der Waals surface area (Å²) in [6.45, 7) is 3.13. The van der Waals surface area contributed by atoms with Gasteiger partial charge < -0.3 is 9.30 Å². The van der Waals surface area contributed by atoms with E-state index in [2.05, 4.69) is 21.7 Å². The maximum Gasteiger partial charge on any atom is 0.191 e. The third kappa shape index (κ3) is 6.37. The van der Waals surface area contributed by atoms with Crippen LogP contribution in [0.3, 0.4) is 0 Å². The first-order valence-corrected chi connectivity index (χ1v) is 11.7. The van der Waals surface area contributed by atoms with Gasteiger partial charge in [0.15, 0.2) is 22.5 Å². The molecule has 3 rings (SSSR count). The average molecular weight is 468 g/mol. The summed E-state index contributed by atoms with van der Waals surface area (Å²) in [5.74, 6) is 1.15. The van der Waals surface area contributed by atoms with Gasteiger partial charge in [-0.05, 0) is 36.2 Å². The second kappa shape index (κ2) is 11.6. The van der Waals surface area contributed by atoms with Crippen LogP contribution < -0.4 is 4.74 Å². The third-order valence-electron chi connectivity index (χ3n) is 4.59. The molecule has 1 aromatic heterocycles. The molecule has 2 aromatic carbocycles. The molecular weight excluding hydrogens is 444 g/mol. The summed E-state index contributed by atoms with van der Waals surface area (Å²) < 4.78 is 21.6. The van der Waals surface area contributed by atoms with Gasteiger partial charge in [-0.3, -0.25) is 0 Å². The van der Waals surface area contributed by atoms with E-state index in [1.807, 2.05) is 12.1 Å². The number of halogens is 3. The molecule has 3 aromatic rings. The summed E-state index contributed by atoms with van der Waals surface area (Å²) in [6, 6.07) is 11.8. The van der Waals surface area contributed by atoms with Crippen LogP contribution >= 0.6 is 35.0 Å². The Bertz CT molecular complexity index is 967. The number of rotatable bonds is 11. The molecule has 0 amide bonds. The Morgan fingerprint density at radius 1 is 1.07 bits per heavy atom. The van der Waals surface area contributed by atoms with Crippen LogP contribution in [0.2, 0.25) is 10.0 Å². The van der Waals surface area contributed by atoms with Crippen LogP contribution in [0.25, 0.3) is 0 Å². The summed E-state index contributed by atoms with van der Waals surface area (Å²) in [4.78, 5) is 0. The predicted molar refractivity (Wildman–Crippen MR) is 121 cm³/mol. The van der Waals surface area contributed by atoms with Gasteiger partial charge in [-0.1, -0.05) is 79.3 Å². The van der Waals surface area contributed by atoms with Crippen molar-refractivity contribution in [3.05, 3.63) is 69.7 Å². The summed E-state index contributed by atoms with van der Waals surface area (Å²) in [5, 5.41) is 10.7. The molecule has 30 heavy (non-hydrogen) atoms. The Hall–Kier alpha value is -1.76. The Kier molecular flexibility index (Phi) is 8.85. The molecular formula is C22H24Cl2FN3OS. The Morgan fingerprint density at radius 2 is 1.90 bits per heavy atom. The largest absolute Gasteiger partial charge is 0.483 e. The summed E-state index contributed by atoms with van der Waals surface area (Å²) in [6.07, 6.45) is 4.51. The molecule has 0 atom stereocenters. The smallest absolute Gasteiger partial charge is 0.191 e. The molecule has 1 heterocycles. The Balaban J connectivity index is 1.71. The molecule has 0 bridgehead atoms. The van der Waals surface area contributed by atoms with Gasteiger partial charge >= 0.3 is 0 Å². The van der Waals surface area contributed by atoms with Crippen LogP contribution in [0, 0.1) is 5.82 Å². The van der Waals surface area contributed by atoms with E-state index in [1.165, 1.54) is 18.9 Å². The minimum absolute atomic E-state index is 0.157. The zero-order valence-corrected chi connectivity index (χ0v) is 19.1. The average Bonchev–Trinajstić information content (AvgIpc) is 3.11. The number of ether oxygens (including phenoxy) is 1. The van der Waals surface area contributed by atoms with E-state index >= 15 is 0 Å². The van der Waals surface area contributed by atoms with Crippen molar-refractivity contribution in [2.24, 2.45) is 0 Å². The molecule has 8 heteroatoms. The summed E-state index contributed by atoms with van der Waals surface area (Å²) >= 11 is 13.8. The normalized spacial score (nSPS) is 11.1. The highest BCUT2D eigenvalue weighted by molar-refractivity contribution is 7.98. The van der Waals surface area contributed by atoms with E-state index in [0.717, 1.165) is 30.1 Å². The van der Waals surface area contributed by atoms with Crippen molar-refractivity contribution in [2.75, 3.05) is 0 Å². The van der Waals surface area contributed by atoms with E-state index in [9.17, 15) is 4.39 Å². The maximum atomic E-state index is 13.9. The van der Waals surface area contributed by atoms with Crippen LogP contribution in [0.4, 0.5) is 4.39 Å². The zero-order chi connectivity index (χ0) is 21.3. The minimum atomic E-state index is -0.390. The molecule has 160 valence electrons. The van der Waals surface area contributed by atoms with Gasteiger partial charge in [0.25, 0.3) is 0 Å². The molecule has 0 saturated heterocycles. The number of hydrogen-bond acceptors (Lipinski definition) is 4. The highest BCUT2D eigenvalue weighted by Gasteiger charge is 2.15. The number of nitrogens with zero attached hydrogens (tertiary/aromatic N) is 3. The Morgan fingerprint density at radius 3 is 2.67 bits per heavy atom. The minimum Gasteiger partial charge on any atom is -0.483 e. The first kappa shape index (κ1) is 22.9. The van der Waals surface area contributed by atoms with Crippen molar-refractivity contribution in [1.29, 1.82) is 0 Å². The van der Waals surface area contributed by atoms with Crippen molar-refractivity contribution in [1.82, 2.24) is 14.8 Å². The lowest BCUT2D eigenvalue weighted by Crippen LogP contribution is -2.09. The van der Waals surface area contributed by atoms with Gasteiger partial charge in [0.05, 0.1) is 0 Å². The number of thioether (sulfide) groups is 1. The van der Waals surface area contributed by atoms with Gasteiger partial charge in [-0.15, -0.1) is 10.2 Å². The molecule has 0 N–H and O–H groups in total. The Labute approximate surface area is 190 Å². The quantitative estimate of drug-likeness (QED) is 0.221. The molecule has 0 fully saturated rings. The van der Waals surface area contributed by atoms with Crippen molar-refractivity contribution >= 4 is 35.0 Å². The molecule has 0 aliphatic rings. The predicted octanol–water partition coefficient (Wildman–Crippen LogP) is 7.18. The SMILES string of the molecule is CCCCCCn1c(COc2ccccc2F)nnc1SCc1ccc(Cl)cc1Cl. The van der Waals surface area contributed by atoms with Gasteiger partial charge in [-0.25, -0.2) is 4.39 Å². The summed E-state index contributed by atoms with van der Waals surface area (Å²) in [7, 11) is 0. The van der Waals surface area contributed by atoms with E-state index in [4.69, 9.17) is 27.9 Å². The van der Waals surface area contributed by atoms with E-state index in [0.29, 0.717) is 21.6 Å². The van der Waals surface area contributed by atoms with Crippen LogP contribution in [0.1, 0.15) is 44.0 Å². The molecule has 0 saturated carbocycles. The standard InChI is InChI=1S/C22H24Cl2FN3OS/c1-2-3-4-7-12-28-21(14-29-20-9-6-5-8-19(20)25)26-27-22(28)30-15-16-10-11-17(23)13-18(16)24/h5-6,8-11,13H,2-4,7,12,14-15H2,1H3. The number of para-hydroxylation sites is 1. The third-order valence-corrected chi connectivity index (χ3v) is 6.20. The van der Waals surface area contributed by atoms with Crippen LogP contribution in [0.15, 0.2) is 47.6 Å². The lowest BCUT2D eigenvalue weighted by molar-refractivity contribution is 0.273. The van der Waals surface area contributed by atoms with Crippen molar-refractivity contribution in [3.63, 3.8) is 0 Å². The molecule has 0 unspecified atom stereocenters. The highest BCUT2D eigenvalue weighted by atomic mass is 35.5. The molecule has 4 nitrogen and oxygen atoms in total. The van der Waals surface area contributed by atoms with Gasteiger partial charge in [-0.2, -0.15) is 0 Å². The highest BCUT2D eigenvalue weighted by Crippen LogP contribution is 2.29. The monoisotopic (exact) mass is 467 g/mol. The van der Waals surface area contributed by atoms with Gasteiger partial charge in [0.2, 0.25) is 0 Å². The molecule has 0 aliphatic carbocycles. The number of aromatic nitrogens is 3. The van der Waals surface area contributed by atoms with E-state index < -0.39 is 5.82 Å². The van der Waals surface area contributed by atoms with Gasteiger partial charge in [0.1, 0.15) is 6.61 Å². The maximum absolute atomic E-state index is 13.9. The molecule has 0 radical (unpaired) electrons. The van der Waals surface area contributed by atoms with Crippen LogP contribution in [-0.4, -0.2) is 14.8 Å². The topological polar surface area (TPSA) is 39.9 Å². The lowest BCUT2D eigenvalue weighted by atomic mass is 10.2. The number of hydrogen-bond donors (Lipinski definition) is 0. The summed E-state index contributed by atoms with van der Waals surface area (Å²) in [5.41, 5.74) is 0.982. The molecule has 0 spiro atoms. The van der Waals surface area contributed by atoms with Crippen molar-refractivity contribution in [2.45, 2.75) is 56.7 Å². The second-order valence-corrected chi connectivity index (χ2v) is 8.64. The zero-order valence-electron chi connectivity index (χ0n) is 16.8. The fourth-order valence-electron chi connectivity index (χ4n) is 2.94. The van der Waals surface area contributed by atoms with Crippen molar-refractivity contribution in [3.8, 4) is 5.75 Å². The first-order valence-electron chi connectivity index (χ1n) is 9.94. The first-order chi connectivity index (χ1) is 14.6. The number of benzene rings is 2. The van der Waals surface area contributed by atoms with Gasteiger partial charge in [0, 0.05) is 22.3 Å². The van der Waals surface area contributed by atoms with E-state index in [-0.39, 0.29) is 12.4 Å². The fourth-order valence-corrected chi connectivity index (χ4v) is 4.48. The number of unbranched alkanes of at least 4 members (excludes halogenated alkanes) is 3. The van der Waals surface area contributed by atoms with Crippen LogP contribution in [-0.2, 0) is 18.9 Å². The lowest BCUT2D eigenvalue weighted by Gasteiger charge is -2.12. The van der Waals surface area contributed by atoms with E-state index in [1.54, 1.807) is 36.0 Å². The fraction of sp³-hybridized carbons (Fsp3) is 0.364.